The molecule has 0 saturated carbocycles. The monoisotopic (exact) mass is 242 g/mol. The van der Waals surface area contributed by atoms with E-state index in [0.717, 1.165) is 38.1 Å². The zero-order chi connectivity index (χ0) is 12.9. The van der Waals surface area contributed by atoms with Gasteiger partial charge in [0.2, 0.25) is 0 Å². The first-order valence-electron chi connectivity index (χ1n) is 6.32. The van der Waals surface area contributed by atoms with E-state index in [1.807, 2.05) is 27.7 Å². The predicted molar refractivity (Wildman–Crippen MR) is 74.4 cm³/mol. The molecule has 0 spiro atoms. The average molecular weight is 242 g/mol. The van der Waals surface area contributed by atoms with Crippen LogP contribution < -0.4 is 21.3 Å². The molecule has 0 aromatic carbocycles. The molecule has 0 aromatic rings. The Morgan fingerprint density at radius 1 is 0.706 bits per heavy atom. The lowest BCUT2D eigenvalue weighted by atomic mass is 10.6. The Labute approximate surface area is 104 Å². The Morgan fingerprint density at radius 2 is 1.12 bits per heavy atom. The van der Waals surface area contributed by atoms with Crippen molar-refractivity contribution < 1.29 is 0 Å². The van der Waals surface area contributed by atoms with Gasteiger partial charge in [-0.2, -0.15) is 0 Å². The van der Waals surface area contributed by atoms with Gasteiger partial charge in [-0.05, 0) is 27.7 Å². The van der Waals surface area contributed by atoms with Crippen molar-refractivity contribution in [3.8, 4) is 0 Å². The van der Waals surface area contributed by atoms with E-state index in [4.69, 9.17) is 0 Å². The van der Waals surface area contributed by atoms with Gasteiger partial charge in [-0.3, -0.25) is 9.98 Å². The smallest absolute Gasteiger partial charge is 0.192 e. The highest BCUT2D eigenvalue weighted by Crippen LogP contribution is 1.73. The minimum absolute atomic E-state index is 0.595. The number of aliphatic imine (C=N–C) groups is 2. The van der Waals surface area contributed by atoms with Gasteiger partial charge in [-0.1, -0.05) is 0 Å². The maximum atomic E-state index is 4.30. The minimum Gasteiger partial charge on any atom is -0.357 e. The molecule has 0 unspecified atom stereocenters. The molecular weight excluding hydrogens is 216 g/mol. The third-order valence-electron chi connectivity index (χ3n) is 1.83. The molecule has 0 aliphatic carbocycles. The Morgan fingerprint density at radius 3 is 1.41 bits per heavy atom. The van der Waals surface area contributed by atoms with E-state index in [9.17, 15) is 0 Å². The summed E-state index contributed by atoms with van der Waals surface area (Å²) in [6, 6.07) is 0. The molecule has 0 aliphatic rings. The first kappa shape index (κ1) is 15.5. The molecular formula is C11H26N6. The summed E-state index contributed by atoms with van der Waals surface area (Å²) in [6.45, 7) is 11.9. The van der Waals surface area contributed by atoms with Gasteiger partial charge >= 0.3 is 0 Å². The van der Waals surface area contributed by atoms with Gasteiger partial charge in [-0.15, -0.1) is 0 Å². The van der Waals surface area contributed by atoms with Crippen molar-refractivity contribution in [2.75, 3.05) is 32.8 Å². The molecule has 0 amide bonds. The van der Waals surface area contributed by atoms with E-state index >= 15 is 0 Å². The van der Waals surface area contributed by atoms with E-state index < -0.39 is 0 Å². The maximum absolute atomic E-state index is 4.30. The Balaban J connectivity index is 4.00. The minimum atomic E-state index is 0.595. The first-order valence-corrected chi connectivity index (χ1v) is 6.32. The van der Waals surface area contributed by atoms with Crippen molar-refractivity contribution in [1.29, 1.82) is 0 Å². The molecule has 0 rings (SSSR count). The fourth-order valence-corrected chi connectivity index (χ4v) is 1.21. The Kier molecular flexibility index (Phi) is 10.1. The first-order chi connectivity index (χ1) is 8.28. The standard InChI is InChI=1S/C11H26N6/c1-5-12-10(13-6-2)16-9-17-11(14-7-3)15-8-4/h5-9H2,1-4H3,(H2,12,13,16)(H2,14,15,17). The normalized spacial score (nSPS) is 12.2. The highest BCUT2D eigenvalue weighted by Gasteiger charge is 1.97. The van der Waals surface area contributed by atoms with E-state index in [1.54, 1.807) is 0 Å². The van der Waals surface area contributed by atoms with Gasteiger partial charge in [0.25, 0.3) is 0 Å². The maximum Gasteiger partial charge on any atom is 0.192 e. The average Bonchev–Trinajstić information content (AvgIpc) is 2.30. The lowest BCUT2D eigenvalue weighted by Gasteiger charge is -2.14. The zero-order valence-electron chi connectivity index (χ0n) is 11.4. The molecule has 0 heterocycles. The molecule has 6 heteroatoms. The van der Waals surface area contributed by atoms with Gasteiger partial charge < -0.3 is 21.3 Å². The SMILES string of the molecule is CC/N=C(/NCC)NCN/C(=N/CC)NCC. The van der Waals surface area contributed by atoms with Gasteiger partial charge in [-0.25, -0.2) is 0 Å². The second kappa shape index (κ2) is 11.0. The summed E-state index contributed by atoms with van der Waals surface area (Å²) < 4.78 is 0. The molecule has 4 N–H and O–H groups in total. The number of hydrogen-bond donors (Lipinski definition) is 4. The summed E-state index contributed by atoms with van der Waals surface area (Å²) >= 11 is 0. The van der Waals surface area contributed by atoms with Crippen LogP contribution in [0.5, 0.6) is 0 Å². The number of hydrogen-bond acceptors (Lipinski definition) is 2. The lowest BCUT2D eigenvalue weighted by Crippen LogP contribution is -2.47. The number of rotatable bonds is 6. The van der Waals surface area contributed by atoms with Crippen molar-refractivity contribution in [2.45, 2.75) is 27.7 Å². The van der Waals surface area contributed by atoms with Crippen LogP contribution in [0, 0.1) is 0 Å². The van der Waals surface area contributed by atoms with E-state index in [1.165, 1.54) is 0 Å². The van der Waals surface area contributed by atoms with E-state index in [2.05, 4.69) is 31.3 Å². The summed E-state index contributed by atoms with van der Waals surface area (Å²) in [5.74, 6) is 1.63. The molecule has 0 aliphatic heterocycles. The Bertz CT molecular complexity index is 212. The van der Waals surface area contributed by atoms with Crippen LogP contribution in [0.3, 0.4) is 0 Å². The predicted octanol–water partition coefficient (Wildman–Crippen LogP) is 0.0939. The zero-order valence-corrected chi connectivity index (χ0v) is 11.4. The quantitative estimate of drug-likeness (QED) is 0.303. The summed E-state index contributed by atoms with van der Waals surface area (Å²) in [7, 11) is 0. The van der Waals surface area contributed by atoms with Crippen LogP contribution >= 0.6 is 0 Å². The van der Waals surface area contributed by atoms with Gasteiger partial charge in [0.15, 0.2) is 11.9 Å². The second-order valence-electron chi connectivity index (χ2n) is 3.24. The lowest BCUT2D eigenvalue weighted by molar-refractivity contribution is 0.752. The molecule has 6 nitrogen and oxygen atoms in total. The van der Waals surface area contributed by atoms with Gasteiger partial charge in [0.1, 0.15) is 0 Å². The van der Waals surface area contributed by atoms with E-state index in [0.29, 0.717) is 6.67 Å². The van der Waals surface area contributed by atoms with Crippen molar-refractivity contribution in [2.24, 2.45) is 9.98 Å². The van der Waals surface area contributed by atoms with Gasteiger partial charge in [0, 0.05) is 26.2 Å². The fourth-order valence-electron chi connectivity index (χ4n) is 1.21. The van der Waals surface area contributed by atoms with Crippen LogP contribution in [0.25, 0.3) is 0 Å². The third-order valence-corrected chi connectivity index (χ3v) is 1.83. The molecule has 0 saturated heterocycles. The summed E-state index contributed by atoms with van der Waals surface area (Å²) in [4.78, 5) is 8.59. The van der Waals surface area contributed by atoms with Gasteiger partial charge in [0.05, 0.1) is 6.67 Å². The molecule has 0 radical (unpaired) electrons. The largest absolute Gasteiger partial charge is 0.357 e. The van der Waals surface area contributed by atoms with Crippen molar-refractivity contribution >= 4 is 11.9 Å². The van der Waals surface area contributed by atoms with Crippen LogP contribution in [0.4, 0.5) is 0 Å². The van der Waals surface area contributed by atoms with Crippen LogP contribution in [0.2, 0.25) is 0 Å². The Hall–Kier alpha value is -1.46. The fraction of sp³-hybridized carbons (Fsp3) is 0.818. The second-order valence-corrected chi connectivity index (χ2v) is 3.24. The summed E-state index contributed by atoms with van der Waals surface area (Å²) in [5, 5.41) is 12.7. The number of guanidine groups is 2. The van der Waals surface area contributed by atoms with Crippen LogP contribution in [0.1, 0.15) is 27.7 Å². The van der Waals surface area contributed by atoms with Crippen molar-refractivity contribution in [1.82, 2.24) is 21.3 Å². The third kappa shape index (κ3) is 8.36. The molecule has 0 aromatic heterocycles. The summed E-state index contributed by atoms with van der Waals surface area (Å²) in [6.07, 6.45) is 0. The number of nitrogens with zero attached hydrogens (tertiary/aromatic N) is 2. The highest BCUT2D eigenvalue weighted by molar-refractivity contribution is 5.82. The molecule has 17 heavy (non-hydrogen) atoms. The van der Waals surface area contributed by atoms with Crippen molar-refractivity contribution in [3.05, 3.63) is 0 Å². The molecule has 0 bridgehead atoms. The van der Waals surface area contributed by atoms with Crippen LogP contribution in [0.15, 0.2) is 9.98 Å². The highest BCUT2D eigenvalue weighted by atomic mass is 15.3. The van der Waals surface area contributed by atoms with Crippen LogP contribution in [-0.2, 0) is 0 Å². The summed E-state index contributed by atoms with van der Waals surface area (Å²) in [5.41, 5.74) is 0. The molecule has 0 fully saturated rings. The van der Waals surface area contributed by atoms with Crippen LogP contribution in [-0.4, -0.2) is 44.8 Å². The molecule has 0 atom stereocenters. The van der Waals surface area contributed by atoms with Crippen molar-refractivity contribution in [3.63, 3.8) is 0 Å². The topological polar surface area (TPSA) is 72.8 Å². The molecule has 100 valence electrons. The van der Waals surface area contributed by atoms with E-state index in [-0.39, 0.29) is 0 Å². The number of nitrogens with one attached hydrogen (secondary N) is 4.